The molecule has 0 spiro atoms. The Hall–Kier alpha value is 0.133. The number of rotatable bonds is 0. The fourth-order valence-corrected chi connectivity index (χ4v) is 2.42. The summed E-state index contributed by atoms with van der Waals surface area (Å²) in [4.78, 5) is 0. The number of hydrogen-bond donors (Lipinski definition) is 0. The van der Waals surface area contributed by atoms with Crippen LogP contribution in [-0.4, -0.2) is 0 Å². The van der Waals surface area contributed by atoms with Crippen molar-refractivity contribution < 1.29 is 18.3 Å². The zero-order chi connectivity index (χ0) is 6.85. The van der Waals surface area contributed by atoms with E-state index in [4.69, 9.17) is 0 Å². The molecular formula is C8H10ClZn. The Balaban J connectivity index is 0.000000810. The predicted octanol–water partition coefficient (Wildman–Crippen LogP) is 1.90. The number of hydrogen-bond acceptors (Lipinski definition) is 0. The quantitative estimate of drug-likeness (QED) is 0.570. The summed E-state index contributed by atoms with van der Waals surface area (Å²) >= 11 is 1.27. The van der Waals surface area contributed by atoms with Gasteiger partial charge in [0.2, 0.25) is 0 Å². The monoisotopic (exact) mass is 205 g/mol. The van der Waals surface area contributed by atoms with Crippen molar-refractivity contribution in [2.24, 2.45) is 0 Å². The first-order valence-electron chi connectivity index (χ1n) is 3.09. The molecule has 0 aliphatic carbocycles. The molecule has 0 saturated carbocycles. The summed E-state index contributed by atoms with van der Waals surface area (Å²) < 4.78 is 1.48. The molecule has 0 heterocycles. The smallest absolute Gasteiger partial charge is 0.147 e. The van der Waals surface area contributed by atoms with Gasteiger partial charge < -0.3 is 0 Å². The van der Waals surface area contributed by atoms with Crippen LogP contribution in [0.1, 0.15) is 11.1 Å². The van der Waals surface area contributed by atoms with E-state index in [1.165, 1.54) is 33.6 Å². The molecule has 0 fully saturated rings. The first-order valence-corrected chi connectivity index (χ1v) is 4.57. The van der Waals surface area contributed by atoms with Gasteiger partial charge in [-0.3, -0.25) is 0 Å². The Morgan fingerprint density at radius 2 is 1.40 bits per heavy atom. The van der Waals surface area contributed by atoms with Crippen molar-refractivity contribution in [2.45, 2.75) is 13.8 Å². The topological polar surface area (TPSA) is 0 Å². The van der Waals surface area contributed by atoms with Gasteiger partial charge in [0.05, 0.1) is 0 Å². The van der Waals surface area contributed by atoms with Crippen LogP contribution in [0.2, 0.25) is 0 Å². The van der Waals surface area contributed by atoms with Crippen LogP contribution < -0.4 is 4.16 Å². The van der Waals surface area contributed by atoms with Gasteiger partial charge in [-0.05, 0) is 0 Å². The molecule has 0 aromatic heterocycles. The Morgan fingerprint density at radius 1 is 1.00 bits per heavy atom. The van der Waals surface area contributed by atoms with Gasteiger partial charge in [-0.15, -0.1) is 12.4 Å². The van der Waals surface area contributed by atoms with Crippen LogP contribution in [-0.2, 0) is 18.3 Å². The molecule has 1 aromatic rings. The summed E-state index contributed by atoms with van der Waals surface area (Å²) in [5, 5.41) is 0. The average molecular weight is 207 g/mol. The second-order valence-corrected chi connectivity index (χ2v) is 4.21. The van der Waals surface area contributed by atoms with E-state index >= 15 is 0 Å². The third-order valence-electron chi connectivity index (χ3n) is 1.28. The zero-order valence-electron chi connectivity index (χ0n) is 6.35. The molecule has 0 saturated heterocycles. The van der Waals surface area contributed by atoms with Crippen molar-refractivity contribution in [3.05, 3.63) is 29.3 Å². The van der Waals surface area contributed by atoms with E-state index in [1.807, 2.05) is 0 Å². The van der Waals surface area contributed by atoms with Gasteiger partial charge in [0.15, 0.2) is 0 Å². The largest absolute Gasteiger partial charge is 0.147 e. The van der Waals surface area contributed by atoms with Crippen LogP contribution in [0.25, 0.3) is 0 Å². The molecule has 51 valence electrons. The maximum absolute atomic E-state index is 2.24. The average Bonchev–Trinajstić information content (AvgIpc) is 1.59. The minimum absolute atomic E-state index is 0. The molecule has 0 unspecified atom stereocenters. The van der Waals surface area contributed by atoms with E-state index in [0.717, 1.165) is 0 Å². The summed E-state index contributed by atoms with van der Waals surface area (Å²) in [6.45, 7) is 4.29. The Bertz CT molecular complexity index is 170. The first-order chi connectivity index (χ1) is 4.18. The molecule has 0 nitrogen and oxygen atoms in total. The van der Waals surface area contributed by atoms with E-state index in [-0.39, 0.29) is 12.4 Å². The normalized spacial score (nSPS) is 8.80. The summed E-state index contributed by atoms with van der Waals surface area (Å²) in [7, 11) is 0. The maximum Gasteiger partial charge on any atom is -0.147 e. The van der Waals surface area contributed by atoms with E-state index in [2.05, 4.69) is 32.0 Å². The van der Waals surface area contributed by atoms with Gasteiger partial charge in [-0.1, -0.05) is 0 Å². The van der Waals surface area contributed by atoms with Gasteiger partial charge >= 0.3 is 65.6 Å². The third kappa shape index (κ3) is 2.81. The Kier molecular flexibility index (Phi) is 4.16. The van der Waals surface area contributed by atoms with Gasteiger partial charge in [-0.2, -0.15) is 0 Å². The predicted molar refractivity (Wildman–Crippen MR) is 42.8 cm³/mol. The molecule has 0 aliphatic heterocycles. The minimum Gasteiger partial charge on any atom is -0.147 e. The standard InChI is InChI=1S/C8H9.ClH.Zn/c1-7-4-3-5-8(2)6-7;;/h4-6H,1-2H3;1H;. The summed E-state index contributed by atoms with van der Waals surface area (Å²) in [5.74, 6) is 0. The Labute approximate surface area is 78.1 Å². The molecule has 0 atom stereocenters. The molecule has 0 amide bonds. The van der Waals surface area contributed by atoms with Crippen LogP contribution in [0.4, 0.5) is 0 Å². The van der Waals surface area contributed by atoms with E-state index in [1.54, 1.807) is 0 Å². The molecule has 0 aliphatic rings. The number of halogens is 1. The van der Waals surface area contributed by atoms with Crippen molar-refractivity contribution in [3.63, 3.8) is 0 Å². The van der Waals surface area contributed by atoms with Crippen molar-refractivity contribution in [3.8, 4) is 0 Å². The molecule has 0 N–H and O–H groups in total. The van der Waals surface area contributed by atoms with Crippen LogP contribution in [0.5, 0.6) is 0 Å². The van der Waals surface area contributed by atoms with E-state index < -0.39 is 0 Å². The first kappa shape index (κ1) is 10.1. The van der Waals surface area contributed by atoms with Gasteiger partial charge in [0.1, 0.15) is 0 Å². The molecule has 2 heteroatoms. The SMILES string of the molecule is Cc1cc(C)c[c]([Zn])c1.Cl. The summed E-state index contributed by atoms with van der Waals surface area (Å²) in [6.07, 6.45) is 0. The fourth-order valence-electron chi connectivity index (χ4n) is 1.07. The summed E-state index contributed by atoms with van der Waals surface area (Å²) in [5.41, 5.74) is 2.77. The van der Waals surface area contributed by atoms with Crippen LogP contribution in [0.15, 0.2) is 18.2 Å². The fraction of sp³-hybridized carbons (Fsp3) is 0.250. The molecule has 0 radical (unpaired) electrons. The van der Waals surface area contributed by atoms with Crippen molar-refractivity contribution in [1.82, 2.24) is 0 Å². The molecule has 0 bridgehead atoms. The summed E-state index contributed by atoms with van der Waals surface area (Å²) in [6, 6.07) is 6.69. The minimum atomic E-state index is 0. The number of aryl methyl sites for hydroxylation is 2. The maximum atomic E-state index is 2.24. The van der Waals surface area contributed by atoms with Gasteiger partial charge in [0, 0.05) is 0 Å². The molecular weight excluding hydrogens is 197 g/mol. The Morgan fingerprint density at radius 3 is 1.70 bits per heavy atom. The second kappa shape index (κ2) is 4.10. The van der Waals surface area contributed by atoms with E-state index in [9.17, 15) is 0 Å². The van der Waals surface area contributed by atoms with Crippen molar-refractivity contribution >= 4 is 16.6 Å². The molecule has 1 rings (SSSR count). The molecule has 10 heavy (non-hydrogen) atoms. The molecule has 1 aromatic carbocycles. The van der Waals surface area contributed by atoms with Crippen LogP contribution in [0, 0.1) is 13.8 Å². The van der Waals surface area contributed by atoms with Crippen molar-refractivity contribution in [1.29, 1.82) is 0 Å². The van der Waals surface area contributed by atoms with Crippen molar-refractivity contribution in [2.75, 3.05) is 0 Å². The second-order valence-electron chi connectivity index (χ2n) is 2.50. The van der Waals surface area contributed by atoms with Gasteiger partial charge in [-0.25, -0.2) is 0 Å². The van der Waals surface area contributed by atoms with Crippen LogP contribution in [0.3, 0.4) is 0 Å². The number of benzene rings is 1. The van der Waals surface area contributed by atoms with Crippen LogP contribution >= 0.6 is 12.4 Å². The third-order valence-corrected chi connectivity index (χ3v) is 2.14. The van der Waals surface area contributed by atoms with Gasteiger partial charge in [0.25, 0.3) is 0 Å². The zero-order valence-corrected chi connectivity index (χ0v) is 10.1. The van der Waals surface area contributed by atoms with E-state index in [0.29, 0.717) is 0 Å².